The molecule has 0 bridgehead atoms. The number of nitrogens with zero attached hydrogens (tertiary/aromatic N) is 5. The van der Waals surface area contributed by atoms with Gasteiger partial charge < -0.3 is 4.90 Å². The van der Waals surface area contributed by atoms with Crippen LogP contribution in [0.1, 0.15) is 51.8 Å². The van der Waals surface area contributed by atoms with Crippen LogP contribution in [0.4, 0.5) is 0 Å². The fraction of sp³-hybridized carbons (Fsp3) is 0.556. The summed E-state index contributed by atoms with van der Waals surface area (Å²) in [6.07, 6.45) is 4.27. The molecule has 6 nitrogen and oxygen atoms in total. The van der Waals surface area contributed by atoms with Crippen LogP contribution in [0, 0.1) is 5.92 Å². The predicted molar refractivity (Wildman–Crippen MR) is 96.5 cm³/mol. The molecule has 1 heterocycles. The van der Waals surface area contributed by atoms with E-state index in [0.717, 1.165) is 31.4 Å². The van der Waals surface area contributed by atoms with Crippen LogP contribution in [0.3, 0.4) is 0 Å². The predicted octanol–water partition coefficient (Wildman–Crippen LogP) is 3.59. The fourth-order valence-electron chi connectivity index (χ4n) is 3.68. The number of tetrazole rings is 1. The van der Waals surface area contributed by atoms with Crippen LogP contribution < -0.4 is 0 Å². The number of carbonyl (C=O) groups excluding carboxylic acids is 1. The van der Waals surface area contributed by atoms with Crippen molar-refractivity contribution in [2.75, 3.05) is 7.05 Å². The lowest BCUT2D eigenvalue weighted by atomic mass is 9.75. The Balaban J connectivity index is 2.09. The lowest BCUT2D eigenvalue weighted by Crippen LogP contribution is -2.50. The number of benzene rings is 1. The Bertz CT molecular complexity index is 751. The molecular formula is C18H24ClN5O. The standard InChI is InChI=1S/C18H24ClN5O/c1-4-16(25)23(3)18(10-8-13(2)9-11-18)17-20-21-22-24(17)15-7-5-6-14(19)12-15/h5-7,12-13H,4,8-11H2,1-3H3. The van der Waals surface area contributed by atoms with Crippen LogP contribution in [0.15, 0.2) is 24.3 Å². The largest absolute Gasteiger partial charge is 0.333 e. The molecule has 1 aliphatic rings. The quantitative estimate of drug-likeness (QED) is 0.834. The van der Waals surface area contributed by atoms with Gasteiger partial charge in [0.2, 0.25) is 5.91 Å². The summed E-state index contributed by atoms with van der Waals surface area (Å²) in [7, 11) is 1.87. The molecule has 0 spiro atoms. The first-order valence-electron chi connectivity index (χ1n) is 8.79. The number of rotatable bonds is 4. The second kappa shape index (κ2) is 7.12. The maximum atomic E-state index is 12.5. The number of hydrogen-bond acceptors (Lipinski definition) is 4. The van der Waals surface area contributed by atoms with Gasteiger partial charge in [0.15, 0.2) is 5.82 Å². The van der Waals surface area contributed by atoms with E-state index < -0.39 is 5.54 Å². The van der Waals surface area contributed by atoms with E-state index in [1.807, 2.05) is 43.1 Å². The van der Waals surface area contributed by atoms with Gasteiger partial charge in [0, 0.05) is 18.5 Å². The molecule has 0 aliphatic heterocycles. The Hall–Kier alpha value is -1.95. The van der Waals surface area contributed by atoms with E-state index in [9.17, 15) is 4.79 Å². The fourth-order valence-corrected chi connectivity index (χ4v) is 3.87. The van der Waals surface area contributed by atoms with E-state index >= 15 is 0 Å². The third kappa shape index (κ3) is 3.27. The minimum absolute atomic E-state index is 0.107. The van der Waals surface area contributed by atoms with Gasteiger partial charge in [-0.2, -0.15) is 4.68 Å². The first-order valence-corrected chi connectivity index (χ1v) is 9.17. The van der Waals surface area contributed by atoms with Gasteiger partial charge in [-0.1, -0.05) is 31.5 Å². The Morgan fingerprint density at radius 1 is 1.40 bits per heavy atom. The Kier molecular flexibility index (Phi) is 5.08. The lowest BCUT2D eigenvalue weighted by Gasteiger charge is -2.44. The second-order valence-electron chi connectivity index (χ2n) is 6.91. The van der Waals surface area contributed by atoms with Crippen molar-refractivity contribution in [2.45, 2.75) is 51.5 Å². The van der Waals surface area contributed by atoms with Crippen molar-refractivity contribution in [3.63, 3.8) is 0 Å². The Labute approximate surface area is 153 Å². The molecule has 1 aliphatic carbocycles. The van der Waals surface area contributed by atoms with Crippen molar-refractivity contribution < 1.29 is 4.79 Å². The van der Waals surface area contributed by atoms with Crippen molar-refractivity contribution in [3.8, 4) is 5.69 Å². The molecule has 1 saturated carbocycles. The highest BCUT2D eigenvalue weighted by molar-refractivity contribution is 6.30. The van der Waals surface area contributed by atoms with E-state index in [-0.39, 0.29) is 5.91 Å². The topological polar surface area (TPSA) is 63.9 Å². The van der Waals surface area contributed by atoms with E-state index in [4.69, 9.17) is 11.6 Å². The van der Waals surface area contributed by atoms with Crippen molar-refractivity contribution in [1.82, 2.24) is 25.1 Å². The molecule has 0 unspecified atom stereocenters. The van der Waals surface area contributed by atoms with Crippen LogP contribution >= 0.6 is 11.6 Å². The monoisotopic (exact) mass is 361 g/mol. The summed E-state index contributed by atoms with van der Waals surface area (Å²) in [4.78, 5) is 14.4. The van der Waals surface area contributed by atoms with Crippen LogP contribution in [-0.4, -0.2) is 38.1 Å². The van der Waals surface area contributed by atoms with Crippen molar-refractivity contribution in [3.05, 3.63) is 35.1 Å². The minimum atomic E-state index is -0.481. The van der Waals surface area contributed by atoms with E-state index in [1.54, 1.807) is 4.68 Å². The lowest BCUT2D eigenvalue weighted by molar-refractivity contribution is -0.138. The molecular weight excluding hydrogens is 338 g/mol. The van der Waals surface area contributed by atoms with Crippen LogP contribution in [0.2, 0.25) is 5.02 Å². The van der Waals surface area contributed by atoms with Gasteiger partial charge in [-0.15, -0.1) is 5.10 Å². The number of amides is 1. The summed E-state index contributed by atoms with van der Waals surface area (Å²) < 4.78 is 1.72. The van der Waals surface area contributed by atoms with Crippen molar-refractivity contribution in [2.24, 2.45) is 5.92 Å². The Morgan fingerprint density at radius 2 is 2.12 bits per heavy atom. The number of hydrogen-bond donors (Lipinski definition) is 0. The molecule has 1 aromatic heterocycles. The first kappa shape index (κ1) is 17.9. The highest BCUT2D eigenvalue weighted by atomic mass is 35.5. The van der Waals surface area contributed by atoms with Gasteiger partial charge in [0.1, 0.15) is 5.54 Å². The Morgan fingerprint density at radius 3 is 2.76 bits per heavy atom. The molecule has 0 atom stereocenters. The van der Waals surface area contributed by atoms with Crippen molar-refractivity contribution in [1.29, 1.82) is 0 Å². The maximum Gasteiger partial charge on any atom is 0.222 e. The molecule has 1 amide bonds. The summed E-state index contributed by atoms with van der Waals surface area (Å²) in [6, 6.07) is 7.45. The molecule has 0 N–H and O–H groups in total. The average Bonchev–Trinajstić information content (AvgIpc) is 3.11. The molecule has 1 aromatic carbocycles. The summed E-state index contributed by atoms with van der Waals surface area (Å²) in [5.41, 5.74) is 0.327. The highest BCUT2D eigenvalue weighted by Gasteiger charge is 2.45. The van der Waals surface area contributed by atoms with Gasteiger partial charge in [-0.05, 0) is 60.2 Å². The molecule has 1 fully saturated rings. The SMILES string of the molecule is CCC(=O)N(C)C1(c2nnnn2-c2cccc(Cl)c2)CCC(C)CC1. The van der Waals surface area contributed by atoms with Gasteiger partial charge in [0.25, 0.3) is 0 Å². The summed E-state index contributed by atoms with van der Waals surface area (Å²) in [6.45, 7) is 4.14. The highest BCUT2D eigenvalue weighted by Crippen LogP contribution is 2.43. The maximum absolute atomic E-state index is 12.5. The number of carbonyl (C=O) groups is 1. The molecule has 7 heteroatoms. The van der Waals surface area contributed by atoms with Crippen LogP contribution in [-0.2, 0) is 10.3 Å². The van der Waals surface area contributed by atoms with Gasteiger partial charge in [0.05, 0.1) is 5.69 Å². The van der Waals surface area contributed by atoms with E-state index in [2.05, 4.69) is 22.4 Å². The van der Waals surface area contributed by atoms with Crippen molar-refractivity contribution >= 4 is 17.5 Å². The zero-order valence-corrected chi connectivity index (χ0v) is 15.7. The summed E-state index contributed by atoms with van der Waals surface area (Å²) >= 11 is 6.14. The molecule has 0 saturated heterocycles. The first-order chi connectivity index (χ1) is 12.0. The number of aromatic nitrogens is 4. The zero-order chi connectivity index (χ0) is 18.0. The summed E-state index contributed by atoms with van der Waals surface area (Å²) in [5.74, 6) is 1.47. The molecule has 0 radical (unpaired) electrons. The zero-order valence-electron chi connectivity index (χ0n) is 14.9. The molecule has 134 valence electrons. The average molecular weight is 362 g/mol. The van der Waals surface area contributed by atoms with E-state index in [1.165, 1.54) is 0 Å². The smallest absolute Gasteiger partial charge is 0.222 e. The number of halogens is 1. The third-order valence-electron chi connectivity index (χ3n) is 5.36. The second-order valence-corrected chi connectivity index (χ2v) is 7.35. The van der Waals surface area contributed by atoms with Gasteiger partial charge in [-0.3, -0.25) is 4.79 Å². The van der Waals surface area contributed by atoms with E-state index in [0.29, 0.717) is 23.2 Å². The van der Waals surface area contributed by atoms with Gasteiger partial charge >= 0.3 is 0 Å². The molecule has 2 aromatic rings. The van der Waals surface area contributed by atoms with Crippen LogP contribution in [0.5, 0.6) is 0 Å². The minimum Gasteiger partial charge on any atom is -0.333 e. The van der Waals surface area contributed by atoms with Gasteiger partial charge in [-0.25, -0.2) is 0 Å². The normalized spacial score (nSPS) is 23.4. The third-order valence-corrected chi connectivity index (χ3v) is 5.59. The molecule has 25 heavy (non-hydrogen) atoms. The summed E-state index contributed by atoms with van der Waals surface area (Å²) in [5, 5.41) is 13.1. The van der Waals surface area contributed by atoms with Crippen LogP contribution in [0.25, 0.3) is 5.69 Å². The molecule has 3 rings (SSSR count).